The molecule has 5 nitrogen and oxygen atoms in total. The molecule has 2 aliphatic rings. The van der Waals surface area contributed by atoms with Crippen molar-refractivity contribution < 1.29 is 9.59 Å². The molecule has 2 heterocycles. The average Bonchev–Trinajstić information content (AvgIpc) is 3.16. The van der Waals surface area contributed by atoms with Crippen LogP contribution in [0.25, 0.3) is 0 Å². The van der Waals surface area contributed by atoms with Crippen molar-refractivity contribution in [2.75, 3.05) is 5.32 Å². The largest absolute Gasteiger partial charge is 0.349 e. The van der Waals surface area contributed by atoms with E-state index in [-0.39, 0.29) is 24.3 Å². The van der Waals surface area contributed by atoms with Crippen molar-refractivity contribution >= 4 is 28.3 Å². The summed E-state index contributed by atoms with van der Waals surface area (Å²) in [4.78, 5) is 30.6. The molecule has 2 fully saturated rings. The zero-order valence-corrected chi connectivity index (χ0v) is 13.3. The van der Waals surface area contributed by atoms with E-state index in [1.165, 1.54) is 29.1 Å². The van der Waals surface area contributed by atoms with Crippen molar-refractivity contribution in [2.45, 2.75) is 64.0 Å². The van der Waals surface area contributed by atoms with E-state index >= 15 is 0 Å². The van der Waals surface area contributed by atoms with E-state index in [2.05, 4.69) is 15.7 Å². The van der Waals surface area contributed by atoms with Gasteiger partial charge in [0.1, 0.15) is 6.04 Å². The van der Waals surface area contributed by atoms with Gasteiger partial charge in [0.05, 0.1) is 12.1 Å². The smallest absolute Gasteiger partial charge is 0.252 e. The minimum absolute atomic E-state index is 0.0233. The first-order valence-corrected chi connectivity index (χ1v) is 8.59. The number of imide groups is 1. The topological polar surface area (TPSA) is 62.3 Å². The number of carbonyl (C=O) groups is 2. The fourth-order valence-electron chi connectivity index (χ4n) is 2.87. The third-order valence-electron chi connectivity index (χ3n) is 4.31. The quantitative estimate of drug-likeness (QED) is 0.821. The predicted molar refractivity (Wildman–Crippen MR) is 82.3 cm³/mol. The molecule has 0 aromatic carbocycles. The zero-order valence-electron chi connectivity index (χ0n) is 12.5. The minimum atomic E-state index is -0.448. The number of rotatable bonds is 6. The van der Waals surface area contributed by atoms with E-state index in [4.69, 9.17) is 0 Å². The Morgan fingerprint density at radius 3 is 2.71 bits per heavy atom. The first kappa shape index (κ1) is 14.5. The van der Waals surface area contributed by atoms with Crippen LogP contribution in [0.5, 0.6) is 0 Å². The third kappa shape index (κ3) is 2.81. The Labute approximate surface area is 128 Å². The molecule has 1 aromatic rings. The summed E-state index contributed by atoms with van der Waals surface area (Å²) in [6.45, 7) is 4.02. The molecule has 1 atom stereocenters. The summed E-state index contributed by atoms with van der Waals surface area (Å²) in [5.74, 6) is 0.445. The van der Waals surface area contributed by atoms with Crippen molar-refractivity contribution in [1.82, 2.24) is 9.88 Å². The van der Waals surface area contributed by atoms with Crippen molar-refractivity contribution in [3.63, 3.8) is 0 Å². The van der Waals surface area contributed by atoms with Crippen LogP contribution >= 0.6 is 11.3 Å². The number of hydrogen-bond donors (Lipinski definition) is 1. The summed E-state index contributed by atoms with van der Waals surface area (Å²) in [6, 6.07) is -0.425. The molecular formula is C15H21N3O2S. The highest BCUT2D eigenvalue weighted by Gasteiger charge is 2.41. The van der Waals surface area contributed by atoms with E-state index in [1.54, 1.807) is 0 Å². The molecule has 21 heavy (non-hydrogen) atoms. The first-order chi connectivity index (χ1) is 10.1. The molecule has 1 unspecified atom stereocenters. The second-order valence-corrected chi connectivity index (χ2v) is 6.68. The van der Waals surface area contributed by atoms with Gasteiger partial charge in [-0.2, -0.15) is 0 Å². The molecule has 3 rings (SSSR count). The number of thiazole rings is 1. The lowest BCUT2D eigenvalue weighted by Gasteiger charge is -2.24. The van der Waals surface area contributed by atoms with Crippen LogP contribution in [-0.2, 0) is 9.59 Å². The van der Waals surface area contributed by atoms with Gasteiger partial charge in [-0.05, 0) is 25.7 Å². The number of amides is 2. The molecule has 0 spiro atoms. The lowest BCUT2D eigenvalue weighted by molar-refractivity contribution is -0.141. The van der Waals surface area contributed by atoms with Crippen molar-refractivity contribution in [3.05, 3.63) is 11.1 Å². The van der Waals surface area contributed by atoms with Gasteiger partial charge in [-0.1, -0.05) is 13.8 Å². The standard InChI is InChI=1S/C15H21N3O2S/c1-3-10(4-2)18-13(19)7-11(14(18)20)16-15-17-12(8-21-15)9-5-6-9/h8-11H,3-7H2,1-2H3,(H,16,17). The van der Waals surface area contributed by atoms with Crippen molar-refractivity contribution in [2.24, 2.45) is 0 Å². The summed E-state index contributed by atoms with van der Waals surface area (Å²) in [6.07, 6.45) is 4.29. The monoisotopic (exact) mass is 307 g/mol. The van der Waals surface area contributed by atoms with Crippen LogP contribution in [0.3, 0.4) is 0 Å². The second-order valence-electron chi connectivity index (χ2n) is 5.83. The van der Waals surface area contributed by atoms with Gasteiger partial charge in [-0.3, -0.25) is 14.5 Å². The Balaban J connectivity index is 1.68. The minimum Gasteiger partial charge on any atom is -0.349 e. The van der Waals surface area contributed by atoms with Crippen LogP contribution in [0.4, 0.5) is 5.13 Å². The lowest BCUT2D eigenvalue weighted by Crippen LogP contribution is -2.41. The summed E-state index contributed by atoms with van der Waals surface area (Å²) >= 11 is 1.52. The van der Waals surface area contributed by atoms with Gasteiger partial charge >= 0.3 is 0 Å². The highest BCUT2D eigenvalue weighted by atomic mass is 32.1. The summed E-state index contributed by atoms with van der Waals surface area (Å²) in [5, 5.41) is 5.97. The maximum absolute atomic E-state index is 12.5. The maximum atomic E-state index is 12.5. The van der Waals surface area contributed by atoms with E-state index in [1.807, 2.05) is 13.8 Å². The number of anilines is 1. The lowest BCUT2D eigenvalue weighted by atomic mass is 10.1. The molecule has 1 aromatic heterocycles. The number of likely N-dealkylation sites (tertiary alicyclic amines) is 1. The SMILES string of the molecule is CCC(CC)N1C(=O)CC(Nc2nc(C3CC3)cs2)C1=O. The van der Waals surface area contributed by atoms with E-state index in [9.17, 15) is 9.59 Å². The molecule has 0 bridgehead atoms. The first-order valence-electron chi connectivity index (χ1n) is 7.71. The van der Waals surface area contributed by atoms with Crippen LogP contribution in [0.1, 0.15) is 57.6 Å². The molecule has 0 radical (unpaired) electrons. The van der Waals surface area contributed by atoms with Gasteiger partial charge in [-0.15, -0.1) is 11.3 Å². The molecule has 1 N–H and O–H groups in total. The Hall–Kier alpha value is -1.43. The summed E-state index contributed by atoms with van der Waals surface area (Å²) in [7, 11) is 0. The number of hydrogen-bond acceptors (Lipinski definition) is 5. The number of aromatic nitrogens is 1. The van der Waals surface area contributed by atoms with E-state index in [0.717, 1.165) is 23.7 Å². The maximum Gasteiger partial charge on any atom is 0.252 e. The molecule has 114 valence electrons. The Kier molecular flexibility index (Phi) is 3.97. The van der Waals surface area contributed by atoms with Gasteiger partial charge in [0.2, 0.25) is 5.91 Å². The van der Waals surface area contributed by atoms with Crippen LogP contribution in [0, 0.1) is 0 Å². The Morgan fingerprint density at radius 2 is 2.10 bits per heavy atom. The van der Waals surface area contributed by atoms with Crippen LogP contribution in [-0.4, -0.2) is 33.8 Å². The molecule has 1 saturated heterocycles. The number of nitrogens with one attached hydrogen (secondary N) is 1. The zero-order chi connectivity index (χ0) is 15.0. The Bertz CT molecular complexity index is 549. The van der Waals surface area contributed by atoms with Gasteiger partial charge in [0.25, 0.3) is 5.91 Å². The summed E-state index contributed by atoms with van der Waals surface area (Å²) < 4.78 is 0. The third-order valence-corrected chi connectivity index (χ3v) is 5.10. The Morgan fingerprint density at radius 1 is 1.38 bits per heavy atom. The van der Waals surface area contributed by atoms with Gasteiger partial charge in [0.15, 0.2) is 5.13 Å². The van der Waals surface area contributed by atoms with Crippen LogP contribution in [0.15, 0.2) is 5.38 Å². The van der Waals surface area contributed by atoms with Crippen LogP contribution < -0.4 is 5.32 Å². The van der Waals surface area contributed by atoms with Crippen LogP contribution in [0.2, 0.25) is 0 Å². The predicted octanol–water partition coefficient (Wildman–Crippen LogP) is 2.75. The van der Waals surface area contributed by atoms with E-state index < -0.39 is 6.04 Å². The average molecular weight is 307 g/mol. The van der Waals surface area contributed by atoms with Crippen molar-refractivity contribution in [3.8, 4) is 0 Å². The molecule has 1 saturated carbocycles. The highest BCUT2D eigenvalue weighted by molar-refractivity contribution is 7.13. The molecule has 1 aliphatic carbocycles. The number of carbonyl (C=O) groups excluding carboxylic acids is 2. The van der Waals surface area contributed by atoms with Gasteiger partial charge < -0.3 is 5.32 Å². The molecular weight excluding hydrogens is 286 g/mol. The summed E-state index contributed by atoms with van der Waals surface area (Å²) in [5.41, 5.74) is 1.12. The van der Waals surface area contributed by atoms with E-state index in [0.29, 0.717) is 5.92 Å². The molecule has 6 heteroatoms. The number of nitrogens with zero attached hydrogens (tertiary/aromatic N) is 2. The van der Waals surface area contributed by atoms with Crippen molar-refractivity contribution in [1.29, 1.82) is 0 Å². The molecule has 2 amide bonds. The van der Waals surface area contributed by atoms with Gasteiger partial charge in [-0.25, -0.2) is 4.98 Å². The highest BCUT2D eigenvalue weighted by Crippen LogP contribution is 2.41. The van der Waals surface area contributed by atoms with Gasteiger partial charge in [0, 0.05) is 17.3 Å². The fourth-order valence-corrected chi connectivity index (χ4v) is 3.72. The normalized spacial score (nSPS) is 22.4. The second kappa shape index (κ2) is 5.75. The fraction of sp³-hybridized carbons (Fsp3) is 0.667. The molecule has 1 aliphatic heterocycles.